The van der Waals surface area contributed by atoms with Crippen molar-refractivity contribution < 1.29 is 4.79 Å². The second-order valence-electron chi connectivity index (χ2n) is 3.50. The van der Waals surface area contributed by atoms with E-state index in [0.29, 0.717) is 11.4 Å². The molecule has 0 aliphatic rings. The quantitative estimate of drug-likeness (QED) is 0.815. The lowest BCUT2D eigenvalue weighted by Crippen LogP contribution is -2.34. The minimum atomic E-state index is -0.0529. The largest absolute Gasteiger partial charge is 0.348 e. The van der Waals surface area contributed by atoms with Crippen LogP contribution in [0.3, 0.4) is 0 Å². The molecule has 1 atom stereocenters. The van der Waals surface area contributed by atoms with E-state index in [9.17, 15) is 4.79 Å². The number of thioether (sulfide) groups is 1. The molecule has 0 radical (unpaired) electrons. The molecule has 1 rings (SSSR count). The monoisotopic (exact) mass is 268 g/mol. The molecule has 3 nitrogen and oxygen atoms in total. The van der Waals surface area contributed by atoms with E-state index >= 15 is 0 Å². The molecule has 0 saturated heterocycles. The lowest BCUT2D eigenvalue weighted by atomic mass is 10.2. The van der Waals surface area contributed by atoms with Gasteiger partial charge in [0.2, 0.25) is 0 Å². The second kappa shape index (κ2) is 7.38. The van der Waals surface area contributed by atoms with E-state index in [1.807, 2.05) is 24.6 Å². The summed E-state index contributed by atoms with van der Waals surface area (Å²) in [5, 5.41) is 4.82. The van der Waals surface area contributed by atoms with Crippen LogP contribution in [0.2, 0.25) is 0 Å². The Morgan fingerprint density at radius 1 is 1.71 bits per heavy atom. The van der Waals surface area contributed by atoms with E-state index in [0.717, 1.165) is 11.3 Å². The highest BCUT2D eigenvalue weighted by atomic mass is 32.2. The Morgan fingerprint density at radius 3 is 3.12 bits per heavy atom. The molecule has 0 spiro atoms. The number of nitrogens with two attached hydrogens (primary N) is 1. The van der Waals surface area contributed by atoms with Crippen molar-refractivity contribution in [2.45, 2.75) is 13.0 Å². The molecule has 0 aromatic carbocycles. The molecule has 0 aliphatic heterocycles. The summed E-state index contributed by atoms with van der Waals surface area (Å²) in [7, 11) is 0. The summed E-state index contributed by atoms with van der Waals surface area (Å²) < 4.78 is 0. The summed E-state index contributed by atoms with van der Waals surface area (Å²) in [4.78, 5) is 12.6. The van der Waals surface area contributed by atoms with Crippen LogP contribution in [-0.4, -0.2) is 30.5 Å². The first-order valence-corrected chi connectivity index (χ1v) is 7.52. The number of carbonyl (C=O) groups is 1. The van der Waals surface area contributed by atoms with Crippen LogP contribution in [0, 0.1) is 11.8 Å². The molecule has 1 unspecified atom stereocenters. The maximum absolute atomic E-state index is 12.0. The molecule has 0 bridgehead atoms. The zero-order valence-electron chi connectivity index (χ0n) is 9.95. The Balaban J connectivity index is 2.72. The molecule has 1 aromatic rings. The number of hydrogen-bond donors (Lipinski definition) is 2. The molecule has 3 N–H and O–H groups in total. The van der Waals surface area contributed by atoms with Crippen molar-refractivity contribution in [1.82, 2.24) is 5.32 Å². The first kappa shape index (κ1) is 14.1. The molecule has 1 amide bonds. The maximum atomic E-state index is 12.0. The predicted molar refractivity (Wildman–Crippen MR) is 75.6 cm³/mol. The Hall–Kier alpha value is -0.960. The normalized spacial score (nSPS) is 11.5. The van der Waals surface area contributed by atoms with Crippen LogP contribution in [0.4, 0.5) is 0 Å². The molecule has 5 heteroatoms. The van der Waals surface area contributed by atoms with Gasteiger partial charge >= 0.3 is 0 Å². The van der Waals surface area contributed by atoms with Gasteiger partial charge in [0.25, 0.3) is 5.91 Å². The van der Waals surface area contributed by atoms with E-state index in [1.165, 1.54) is 11.3 Å². The highest BCUT2D eigenvalue weighted by Gasteiger charge is 2.13. The third-order valence-corrected chi connectivity index (χ3v) is 3.74. The van der Waals surface area contributed by atoms with Crippen LogP contribution in [0.5, 0.6) is 0 Å². The fourth-order valence-electron chi connectivity index (χ4n) is 1.31. The Labute approximate surface area is 110 Å². The van der Waals surface area contributed by atoms with Gasteiger partial charge in [0.05, 0.1) is 6.54 Å². The highest BCUT2D eigenvalue weighted by Crippen LogP contribution is 2.15. The van der Waals surface area contributed by atoms with Gasteiger partial charge in [0, 0.05) is 17.4 Å². The molecule has 1 aromatic heterocycles. The van der Waals surface area contributed by atoms with Gasteiger partial charge in [-0.15, -0.1) is 11.3 Å². The fraction of sp³-hybridized carbons (Fsp3) is 0.417. The van der Waals surface area contributed by atoms with Crippen LogP contribution in [-0.2, 0) is 0 Å². The molecule has 1 heterocycles. The van der Waals surface area contributed by atoms with Gasteiger partial charge in [-0.2, -0.15) is 11.8 Å². The topological polar surface area (TPSA) is 55.1 Å². The molecule has 0 aliphatic carbocycles. The van der Waals surface area contributed by atoms with E-state index in [4.69, 9.17) is 5.73 Å². The number of nitrogens with one attached hydrogen (secondary N) is 1. The minimum Gasteiger partial charge on any atom is -0.348 e. The average Bonchev–Trinajstić information content (AvgIpc) is 2.74. The number of carbonyl (C=O) groups excluding carboxylic acids is 1. The molecule has 0 fully saturated rings. The molecular weight excluding hydrogens is 252 g/mol. The molecule has 17 heavy (non-hydrogen) atoms. The van der Waals surface area contributed by atoms with Crippen molar-refractivity contribution in [3.63, 3.8) is 0 Å². The smallest absolute Gasteiger partial charge is 0.262 e. The lowest BCUT2D eigenvalue weighted by Gasteiger charge is -2.11. The van der Waals surface area contributed by atoms with Crippen LogP contribution in [0.15, 0.2) is 11.4 Å². The zero-order chi connectivity index (χ0) is 12.7. The highest BCUT2D eigenvalue weighted by molar-refractivity contribution is 7.98. The predicted octanol–water partition coefficient (Wildman–Crippen LogP) is 1.54. The summed E-state index contributed by atoms with van der Waals surface area (Å²) in [5.74, 6) is 6.52. The van der Waals surface area contributed by atoms with Crippen molar-refractivity contribution in [2.24, 2.45) is 5.73 Å². The summed E-state index contributed by atoms with van der Waals surface area (Å²) in [6.45, 7) is 2.30. The SMILES string of the molecule is CSCC(C)NC(=O)c1sccc1C#CCN. The average molecular weight is 268 g/mol. The minimum absolute atomic E-state index is 0.0529. The third-order valence-electron chi connectivity index (χ3n) is 1.99. The summed E-state index contributed by atoms with van der Waals surface area (Å²) >= 11 is 3.12. The molecule has 92 valence electrons. The first-order valence-electron chi connectivity index (χ1n) is 5.25. The lowest BCUT2D eigenvalue weighted by molar-refractivity contribution is 0.0947. The van der Waals surface area contributed by atoms with E-state index < -0.39 is 0 Å². The third kappa shape index (κ3) is 4.43. The van der Waals surface area contributed by atoms with Gasteiger partial charge in [0.1, 0.15) is 4.88 Å². The fourth-order valence-corrected chi connectivity index (χ4v) is 2.65. The number of amides is 1. The van der Waals surface area contributed by atoms with Crippen LogP contribution >= 0.6 is 23.1 Å². The van der Waals surface area contributed by atoms with Crippen molar-refractivity contribution in [2.75, 3.05) is 18.6 Å². The van der Waals surface area contributed by atoms with E-state index in [2.05, 4.69) is 17.2 Å². The Kier molecular flexibility index (Phi) is 6.12. The van der Waals surface area contributed by atoms with Gasteiger partial charge in [0.15, 0.2) is 0 Å². The van der Waals surface area contributed by atoms with E-state index in [1.54, 1.807) is 11.8 Å². The van der Waals surface area contributed by atoms with E-state index in [-0.39, 0.29) is 11.9 Å². The van der Waals surface area contributed by atoms with Crippen molar-refractivity contribution >= 4 is 29.0 Å². The summed E-state index contributed by atoms with van der Waals surface area (Å²) in [6, 6.07) is 2.01. The standard InChI is InChI=1S/C12H16N2OS2/c1-9(8-16-2)14-12(15)11-10(4-3-6-13)5-7-17-11/h5,7,9H,6,8,13H2,1-2H3,(H,14,15). The van der Waals surface area contributed by atoms with Gasteiger partial charge in [-0.05, 0) is 24.6 Å². The summed E-state index contributed by atoms with van der Waals surface area (Å²) in [5.41, 5.74) is 6.08. The first-order chi connectivity index (χ1) is 8.19. The van der Waals surface area contributed by atoms with Crippen molar-refractivity contribution in [3.05, 3.63) is 21.9 Å². The Bertz CT molecular complexity index is 431. The van der Waals surface area contributed by atoms with Crippen LogP contribution < -0.4 is 11.1 Å². The van der Waals surface area contributed by atoms with Gasteiger partial charge < -0.3 is 11.1 Å². The maximum Gasteiger partial charge on any atom is 0.262 e. The summed E-state index contributed by atoms with van der Waals surface area (Å²) in [6.07, 6.45) is 2.02. The van der Waals surface area contributed by atoms with Crippen LogP contribution in [0.25, 0.3) is 0 Å². The van der Waals surface area contributed by atoms with Gasteiger partial charge in [-0.1, -0.05) is 11.8 Å². The second-order valence-corrected chi connectivity index (χ2v) is 5.33. The molecular formula is C12H16N2OS2. The zero-order valence-corrected chi connectivity index (χ0v) is 11.6. The number of hydrogen-bond acceptors (Lipinski definition) is 4. The molecule has 0 saturated carbocycles. The van der Waals surface area contributed by atoms with Crippen molar-refractivity contribution in [3.8, 4) is 11.8 Å². The van der Waals surface area contributed by atoms with Gasteiger partial charge in [-0.3, -0.25) is 4.79 Å². The number of thiophene rings is 1. The van der Waals surface area contributed by atoms with Crippen molar-refractivity contribution in [1.29, 1.82) is 0 Å². The Morgan fingerprint density at radius 2 is 2.47 bits per heavy atom. The van der Waals surface area contributed by atoms with Crippen LogP contribution in [0.1, 0.15) is 22.2 Å². The number of rotatable bonds is 4. The van der Waals surface area contributed by atoms with Gasteiger partial charge in [-0.25, -0.2) is 0 Å².